The summed E-state index contributed by atoms with van der Waals surface area (Å²) < 4.78 is 24.6. The number of hydrogen-bond acceptors (Lipinski definition) is 4. The largest absolute Gasteiger partial charge is 0.497 e. The van der Waals surface area contributed by atoms with Crippen molar-refractivity contribution in [1.29, 1.82) is 0 Å². The number of nitrogens with two attached hydrogens (primary N) is 1. The standard InChI is InChI=1S/C14H12BrFN2O3/c1-20-9-3-4-10(14(17)18-19)12(7-9)21-13-6-8(16)2-5-11(13)15/h2-7,19H,1H3,(H2,17,18). The maximum absolute atomic E-state index is 13.3. The highest BCUT2D eigenvalue weighted by atomic mass is 79.9. The monoisotopic (exact) mass is 354 g/mol. The van der Waals surface area contributed by atoms with E-state index in [9.17, 15) is 4.39 Å². The summed E-state index contributed by atoms with van der Waals surface area (Å²) in [4.78, 5) is 0. The number of hydrogen-bond donors (Lipinski definition) is 2. The molecule has 0 aliphatic rings. The van der Waals surface area contributed by atoms with Gasteiger partial charge in [0.1, 0.15) is 23.1 Å². The van der Waals surface area contributed by atoms with E-state index in [-0.39, 0.29) is 17.3 Å². The molecule has 0 fully saturated rings. The molecule has 21 heavy (non-hydrogen) atoms. The van der Waals surface area contributed by atoms with Crippen LogP contribution < -0.4 is 15.2 Å². The van der Waals surface area contributed by atoms with E-state index in [1.165, 1.54) is 25.3 Å². The van der Waals surface area contributed by atoms with E-state index < -0.39 is 5.82 Å². The predicted octanol–water partition coefficient (Wildman–Crippen LogP) is 3.48. The molecule has 110 valence electrons. The maximum Gasteiger partial charge on any atom is 0.173 e. The molecule has 0 saturated heterocycles. The molecule has 2 aromatic rings. The maximum atomic E-state index is 13.3. The topological polar surface area (TPSA) is 77.1 Å². The number of amidine groups is 1. The van der Waals surface area contributed by atoms with Gasteiger partial charge >= 0.3 is 0 Å². The Labute approximate surface area is 128 Å². The highest BCUT2D eigenvalue weighted by molar-refractivity contribution is 9.10. The highest BCUT2D eigenvalue weighted by Crippen LogP contribution is 2.34. The lowest BCUT2D eigenvalue weighted by Crippen LogP contribution is -2.14. The average molecular weight is 355 g/mol. The molecule has 0 aliphatic heterocycles. The van der Waals surface area contributed by atoms with Gasteiger partial charge in [-0.3, -0.25) is 0 Å². The van der Waals surface area contributed by atoms with Crippen LogP contribution in [0.25, 0.3) is 0 Å². The molecule has 0 aromatic heterocycles. The van der Waals surface area contributed by atoms with Gasteiger partial charge < -0.3 is 20.4 Å². The van der Waals surface area contributed by atoms with Gasteiger partial charge in [0.05, 0.1) is 17.1 Å². The zero-order valence-electron chi connectivity index (χ0n) is 11.0. The quantitative estimate of drug-likeness (QED) is 0.381. The third-order valence-corrected chi connectivity index (χ3v) is 3.34. The third-order valence-electron chi connectivity index (χ3n) is 2.69. The molecule has 0 saturated carbocycles. The summed E-state index contributed by atoms with van der Waals surface area (Å²) >= 11 is 3.27. The lowest BCUT2D eigenvalue weighted by molar-refractivity contribution is 0.318. The fourth-order valence-electron chi connectivity index (χ4n) is 1.65. The van der Waals surface area contributed by atoms with Gasteiger partial charge in [0.25, 0.3) is 0 Å². The zero-order chi connectivity index (χ0) is 15.4. The molecule has 2 aromatic carbocycles. The molecule has 0 spiro atoms. The Balaban J connectivity index is 2.48. The minimum absolute atomic E-state index is 0.125. The second-order valence-electron chi connectivity index (χ2n) is 4.02. The van der Waals surface area contributed by atoms with Crippen LogP contribution in [0.15, 0.2) is 46.0 Å². The number of rotatable bonds is 4. The summed E-state index contributed by atoms with van der Waals surface area (Å²) in [6.45, 7) is 0. The van der Waals surface area contributed by atoms with E-state index in [1.807, 2.05) is 0 Å². The first kappa shape index (κ1) is 15.1. The van der Waals surface area contributed by atoms with Crippen molar-refractivity contribution in [2.24, 2.45) is 10.9 Å². The van der Waals surface area contributed by atoms with Gasteiger partial charge in [-0.15, -0.1) is 0 Å². The number of nitrogens with zero attached hydrogens (tertiary/aromatic N) is 1. The molecule has 0 aliphatic carbocycles. The molecule has 0 unspecified atom stereocenters. The van der Waals surface area contributed by atoms with Gasteiger partial charge in [-0.25, -0.2) is 4.39 Å². The van der Waals surface area contributed by atoms with Crippen molar-refractivity contribution in [3.63, 3.8) is 0 Å². The summed E-state index contributed by atoms with van der Waals surface area (Å²) in [7, 11) is 1.50. The molecule has 0 radical (unpaired) electrons. The Morgan fingerprint density at radius 2 is 2.00 bits per heavy atom. The first-order chi connectivity index (χ1) is 10.0. The van der Waals surface area contributed by atoms with Gasteiger partial charge in [-0.1, -0.05) is 5.16 Å². The number of ether oxygens (including phenoxy) is 2. The van der Waals surface area contributed by atoms with Crippen molar-refractivity contribution in [2.45, 2.75) is 0 Å². The molecule has 5 nitrogen and oxygen atoms in total. The molecule has 0 amide bonds. The second-order valence-corrected chi connectivity index (χ2v) is 4.88. The molecule has 3 N–H and O–H groups in total. The van der Waals surface area contributed by atoms with Crippen LogP contribution in [0.3, 0.4) is 0 Å². The van der Waals surface area contributed by atoms with Crippen LogP contribution in [0.5, 0.6) is 17.2 Å². The second kappa shape index (κ2) is 6.45. The third kappa shape index (κ3) is 3.43. The van der Waals surface area contributed by atoms with Crippen LogP contribution in [0.4, 0.5) is 4.39 Å². The van der Waals surface area contributed by atoms with E-state index in [1.54, 1.807) is 18.2 Å². The van der Waals surface area contributed by atoms with Gasteiger partial charge in [-0.05, 0) is 40.2 Å². The van der Waals surface area contributed by atoms with Crippen LogP contribution >= 0.6 is 15.9 Å². The summed E-state index contributed by atoms with van der Waals surface area (Å²) in [5, 5.41) is 11.8. The normalized spacial score (nSPS) is 11.3. The lowest BCUT2D eigenvalue weighted by Gasteiger charge is -2.13. The summed E-state index contributed by atoms with van der Waals surface area (Å²) in [5.41, 5.74) is 5.96. The fourth-order valence-corrected chi connectivity index (χ4v) is 1.98. The Morgan fingerprint density at radius 1 is 1.24 bits per heavy atom. The minimum atomic E-state index is -0.443. The fraction of sp³-hybridized carbons (Fsp3) is 0.0714. The van der Waals surface area contributed by atoms with E-state index in [0.717, 1.165) is 0 Å². The zero-order valence-corrected chi connectivity index (χ0v) is 12.6. The lowest BCUT2D eigenvalue weighted by atomic mass is 10.1. The Bertz CT molecular complexity index is 692. The Hall–Kier alpha value is -2.28. The van der Waals surface area contributed by atoms with Crippen molar-refractivity contribution in [2.75, 3.05) is 7.11 Å². The Morgan fingerprint density at radius 3 is 2.67 bits per heavy atom. The van der Waals surface area contributed by atoms with Crippen molar-refractivity contribution in [1.82, 2.24) is 0 Å². The van der Waals surface area contributed by atoms with Crippen LogP contribution in [-0.2, 0) is 0 Å². The van der Waals surface area contributed by atoms with Gasteiger partial charge in [0, 0.05) is 12.1 Å². The molecular formula is C14H12BrFN2O3. The highest BCUT2D eigenvalue weighted by Gasteiger charge is 2.13. The van der Waals surface area contributed by atoms with Crippen LogP contribution in [0.1, 0.15) is 5.56 Å². The van der Waals surface area contributed by atoms with Crippen LogP contribution in [0, 0.1) is 5.82 Å². The number of methoxy groups -OCH3 is 1. The van der Waals surface area contributed by atoms with E-state index >= 15 is 0 Å². The van der Waals surface area contributed by atoms with Gasteiger partial charge in [-0.2, -0.15) is 0 Å². The first-order valence-corrected chi connectivity index (χ1v) is 6.63. The number of halogens is 2. The van der Waals surface area contributed by atoms with Crippen molar-refractivity contribution < 1.29 is 19.1 Å². The van der Waals surface area contributed by atoms with Crippen LogP contribution in [-0.4, -0.2) is 18.2 Å². The van der Waals surface area contributed by atoms with Crippen LogP contribution in [0.2, 0.25) is 0 Å². The summed E-state index contributed by atoms with van der Waals surface area (Å²) in [6.07, 6.45) is 0. The van der Waals surface area contributed by atoms with Crippen molar-refractivity contribution in [3.05, 3.63) is 52.3 Å². The number of oxime groups is 1. The van der Waals surface area contributed by atoms with Gasteiger partial charge in [0.2, 0.25) is 0 Å². The Kier molecular flexibility index (Phi) is 4.64. The average Bonchev–Trinajstić information content (AvgIpc) is 2.50. The first-order valence-electron chi connectivity index (χ1n) is 5.84. The van der Waals surface area contributed by atoms with E-state index in [2.05, 4.69) is 21.1 Å². The predicted molar refractivity (Wildman–Crippen MR) is 79.7 cm³/mol. The van der Waals surface area contributed by atoms with Crippen molar-refractivity contribution in [3.8, 4) is 17.2 Å². The summed E-state index contributed by atoms with van der Waals surface area (Å²) in [6, 6.07) is 8.82. The number of benzene rings is 2. The minimum Gasteiger partial charge on any atom is -0.497 e. The molecular weight excluding hydrogens is 343 g/mol. The molecule has 7 heteroatoms. The molecule has 0 atom stereocenters. The van der Waals surface area contributed by atoms with Crippen molar-refractivity contribution >= 4 is 21.8 Å². The van der Waals surface area contributed by atoms with E-state index in [4.69, 9.17) is 20.4 Å². The molecule has 0 bridgehead atoms. The SMILES string of the molecule is COc1ccc(/C(N)=N/O)c(Oc2cc(F)ccc2Br)c1. The van der Waals surface area contributed by atoms with Gasteiger partial charge in [0.15, 0.2) is 5.84 Å². The summed E-state index contributed by atoms with van der Waals surface area (Å²) in [5.74, 6) is 0.486. The molecule has 2 rings (SSSR count). The molecule has 0 heterocycles. The smallest absolute Gasteiger partial charge is 0.173 e. The van der Waals surface area contributed by atoms with E-state index in [0.29, 0.717) is 15.8 Å².